The van der Waals surface area contributed by atoms with Crippen LogP contribution in [0, 0.1) is 0 Å². The molecule has 3 aromatic rings. The van der Waals surface area contributed by atoms with Gasteiger partial charge in [0.25, 0.3) is 0 Å². The van der Waals surface area contributed by atoms with Gasteiger partial charge in [0, 0.05) is 38.6 Å². The molecule has 0 saturated carbocycles. The lowest BCUT2D eigenvalue weighted by Crippen LogP contribution is -2.39. The molecule has 0 amide bonds. The van der Waals surface area contributed by atoms with Crippen molar-refractivity contribution in [3.05, 3.63) is 59.1 Å². The number of aromatic amines is 1. The molecule has 2 heterocycles. The molecule has 7 nitrogen and oxygen atoms in total. The summed E-state index contributed by atoms with van der Waals surface area (Å²) >= 11 is 5.93. The Kier molecular flexibility index (Phi) is 5.91. The molecular weight excluding hydrogens is 352 g/mol. The van der Waals surface area contributed by atoms with Gasteiger partial charge in [-0.05, 0) is 29.8 Å². The smallest absolute Gasteiger partial charge is 0.216 e. The number of nitrogens with one attached hydrogen (secondary N) is 2. The van der Waals surface area contributed by atoms with E-state index < -0.39 is 0 Å². The third-order valence-corrected chi connectivity index (χ3v) is 4.08. The first-order chi connectivity index (χ1) is 12.7. The van der Waals surface area contributed by atoms with Crippen molar-refractivity contribution < 1.29 is 4.42 Å². The quantitative estimate of drug-likeness (QED) is 0.513. The molecule has 3 rings (SSSR count). The van der Waals surface area contributed by atoms with E-state index in [1.54, 1.807) is 13.3 Å². The van der Waals surface area contributed by atoms with Crippen molar-refractivity contribution in [1.82, 2.24) is 25.4 Å². The van der Waals surface area contributed by atoms with Gasteiger partial charge in [0.15, 0.2) is 11.7 Å². The number of furan rings is 1. The number of aliphatic imine (C=N–C) groups is 1. The van der Waals surface area contributed by atoms with Crippen LogP contribution in [-0.4, -0.2) is 46.7 Å². The summed E-state index contributed by atoms with van der Waals surface area (Å²) in [5, 5.41) is 11.2. The maximum Gasteiger partial charge on any atom is 0.216 e. The number of halogens is 1. The van der Waals surface area contributed by atoms with Crippen molar-refractivity contribution in [2.75, 3.05) is 20.6 Å². The maximum absolute atomic E-state index is 5.93. The SMILES string of the molecule is CN=C(NCCc1nc(-c2ccco2)n[nH]1)N(C)Cc1ccc(Cl)cc1. The van der Waals surface area contributed by atoms with Crippen LogP contribution >= 0.6 is 11.6 Å². The van der Waals surface area contributed by atoms with Crippen LogP contribution in [0.4, 0.5) is 0 Å². The minimum atomic E-state index is 0.564. The summed E-state index contributed by atoms with van der Waals surface area (Å²) in [5.74, 6) is 2.82. The van der Waals surface area contributed by atoms with Gasteiger partial charge in [-0.25, -0.2) is 4.98 Å². The fraction of sp³-hybridized carbons (Fsp3) is 0.278. The monoisotopic (exact) mass is 372 g/mol. The van der Waals surface area contributed by atoms with Gasteiger partial charge in [0.2, 0.25) is 5.82 Å². The highest BCUT2D eigenvalue weighted by Gasteiger charge is 2.10. The molecule has 26 heavy (non-hydrogen) atoms. The standard InChI is InChI=1S/C18H21ClN6O/c1-20-18(25(2)12-13-5-7-14(19)8-6-13)21-10-9-16-22-17(24-23-16)15-4-3-11-26-15/h3-8,11H,9-10,12H2,1-2H3,(H,20,21)(H,22,23,24). The van der Waals surface area contributed by atoms with Crippen molar-refractivity contribution in [3.8, 4) is 11.6 Å². The highest BCUT2D eigenvalue weighted by atomic mass is 35.5. The first-order valence-corrected chi connectivity index (χ1v) is 8.65. The zero-order chi connectivity index (χ0) is 18.4. The van der Waals surface area contributed by atoms with Gasteiger partial charge >= 0.3 is 0 Å². The molecule has 0 unspecified atom stereocenters. The number of benzene rings is 1. The highest BCUT2D eigenvalue weighted by molar-refractivity contribution is 6.30. The summed E-state index contributed by atoms with van der Waals surface area (Å²) in [5.41, 5.74) is 1.16. The first-order valence-electron chi connectivity index (χ1n) is 8.27. The molecule has 0 fully saturated rings. The van der Waals surface area contributed by atoms with Crippen LogP contribution in [0.15, 0.2) is 52.1 Å². The summed E-state index contributed by atoms with van der Waals surface area (Å²) in [7, 11) is 3.76. The second kappa shape index (κ2) is 8.53. The summed E-state index contributed by atoms with van der Waals surface area (Å²) in [6.07, 6.45) is 2.30. The Bertz CT molecular complexity index is 841. The van der Waals surface area contributed by atoms with Gasteiger partial charge in [-0.3, -0.25) is 10.1 Å². The van der Waals surface area contributed by atoms with Crippen molar-refractivity contribution in [3.63, 3.8) is 0 Å². The third kappa shape index (κ3) is 4.64. The van der Waals surface area contributed by atoms with Crippen molar-refractivity contribution in [1.29, 1.82) is 0 Å². The summed E-state index contributed by atoms with van der Waals surface area (Å²) in [4.78, 5) is 10.8. The molecule has 2 aromatic heterocycles. The zero-order valence-corrected chi connectivity index (χ0v) is 15.5. The lowest BCUT2D eigenvalue weighted by atomic mass is 10.2. The highest BCUT2D eigenvalue weighted by Crippen LogP contribution is 2.14. The molecule has 0 spiro atoms. The van der Waals surface area contributed by atoms with E-state index in [2.05, 4.69) is 30.4 Å². The second-order valence-corrected chi connectivity index (χ2v) is 6.23. The van der Waals surface area contributed by atoms with E-state index in [9.17, 15) is 0 Å². The van der Waals surface area contributed by atoms with E-state index >= 15 is 0 Å². The topological polar surface area (TPSA) is 82.3 Å². The van der Waals surface area contributed by atoms with Gasteiger partial charge in [-0.1, -0.05) is 23.7 Å². The molecule has 0 saturated heterocycles. The maximum atomic E-state index is 5.93. The van der Waals surface area contributed by atoms with Crippen LogP contribution in [0.1, 0.15) is 11.4 Å². The Balaban J connectivity index is 1.50. The number of hydrogen-bond donors (Lipinski definition) is 2. The van der Waals surface area contributed by atoms with Gasteiger partial charge in [0.05, 0.1) is 6.26 Å². The fourth-order valence-corrected chi connectivity index (χ4v) is 2.67. The molecule has 8 heteroatoms. The molecule has 0 aliphatic rings. The largest absolute Gasteiger partial charge is 0.461 e. The summed E-state index contributed by atoms with van der Waals surface area (Å²) in [6.45, 7) is 1.42. The predicted octanol–water partition coefficient (Wildman–Crippen LogP) is 2.97. The van der Waals surface area contributed by atoms with Gasteiger partial charge in [-0.15, -0.1) is 0 Å². The molecule has 2 N–H and O–H groups in total. The minimum absolute atomic E-state index is 0.564. The minimum Gasteiger partial charge on any atom is -0.461 e. The van der Waals surface area contributed by atoms with Gasteiger partial charge in [0.1, 0.15) is 5.82 Å². The van der Waals surface area contributed by atoms with E-state index in [0.29, 0.717) is 24.6 Å². The number of nitrogens with zero attached hydrogens (tertiary/aromatic N) is 4. The Hall–Kier alpha value is -2.80. The number of aromatic nitrogens is 3. The van der Waals surface area contributed by atoms with E-state index in [1.807, 2.05) is 43.4 Å². The van der Waals surface area contributed by atoms with Gasteiger partial charge < -0.3 is 14.6 Å². The Labute approximate surface area is 157 Å². The number of hydrogen-bond acceptors (Lipinski definition) is 4. The number of guanidine groups is 1. The zero-order valence-electron chi connectivity index (χ0n) is 14.7. The molecule has 0 radical (unpaired) electrons. The van der Waals surface area contributed by atoms with E-state index in [4.69, 9.17) is 16.0 Å². The van der Waals surface area contributed by atoms with Crippen molar-refractivity contribution in [2.24, 2.45) is 4.99 Å². The van der Waals surface area contributed by atoms with Crippen molar-refractivity contribution >= 4 is 17.6 Å². The van der Waals surface area contributed by atoms with Crippen LogP contribution in [-0.2, 0) is 13.0 Å². The Morgan fingerprint density at radius 3 is 2.81 bits per heavy atom. The van der Waals surface area contributed by atoms with Crippen LogP contribution in [0.2, 0.25) is 5.02 Å². The summed E-state index contributed by atoms with van der Waals surface area (Å²) < 4.78 is 5.29. The molecule has 0 aliphatic heterocycles. The molecule has 1 aromatic carbocycles. The molecule has 0 atom stereocenters. The molecule has 0 bridgehead atoms. The lowest BCUT2D eigenvalue weighted by molar-refractivity contribution is 0.477. The first kappa shape index (κ1) is 18.0. The van der Waals surface area contributed by atoms with E-state index in [-0.39, 0.29) is 0 Å². The van der Waals surface area contributed by atoms with Crippen LogP contribution < -0.4 is 5.32 Å². The molecule has 136 valence electrons. The van der Waals surface area contributed by atoms with Gasteiger partial charge in [-0.2, -0.15) is 5.10 Å². The third-order valence-electron chi connectivity index (χ3n) is 3.82. The fourth-order valence-electron chi connectivity index (χ4n) is 2.54. The number of rotatable bonds is 6. The van der Waals surface area contributed by atoms with Crippen LogP contribution in [0.25, 0.3) is 11.6 Å². The lowest BCUT2D eigenvalue weighted by Gasteiger charge is -2.22. The second-order valence-electron chi connectivity index (χ2n) is 5.79. The van der Waals surface area contributed by atoms with Crippen LogP contribution in [0.3, 0.4) is 0 Å². The van der Waals surface area contributed by atoms with Crippen molar-refractivity contribution in [2.45, 2.75) is 13.0 Å². The molecule has 0 aliphatic carbocycles. The Morgan fingerprint density at radius 1 is 1.31 bits per heavy atom. The average molecular weight is 373 g/mol. The average Bonchev–Trinajstić information content (AvgIpc) is 3.32. The van der Waals surface area contributed by atoms with Crippen LogP contribution in [0.5, 0.6) is 0 Å². The molecular formula is C18H21ClN6O. The summed E-state index contributed by atoms with van der Waals surface area (Å²) in [6, 6.07) is 11.4. The normalized spacial score (nSPS) is 11.6. The predicted molar refractivity (Wildman–Crippen MR) is 102 cm³/mol. The number of H-pyrrole nitrogens is 1. The van der Waals surface area contributed by atoms with E-state index in [1.165, 1.54) is 0 Å². The Morgan fingerprint density at radius 2 is 2.12 bits per heavy atom. The van der Waals surface area contributed by atoms with E-state index in [0.717, 1.165) is 28.9 Å².